The maximum atomic E-state index is 12.3. The molecule has 1 unspecified atom stereocenters. The van der Waals surface area contributed by atoms with Crippen LogP contribution in [0.4, 0.5) is 0 Å². The van der Waals surface area contributed by atoms with Crippen molar-refractivity contribution in [1.29, 1.82) is 0 Å². The number of hydrogen-bond acceptors (Lipinski definition) is 4. The van der Waals surface area contributed by atoms with Crippen LogP contribution < -0.4 is 4.72 Å². The quantitative estimate of drug-likeness (QED) is 0.885. The van der Waals surface area contributed by atoms with Gasteiger partial charge in [0.15, 0.2) is 5.03 Å². The predicted octanol–water partition coefficient (Wildman–Crippen LogP) is 0.658. The molecule has 1 N–H and O–H groups in total. The fraction of sp³-hybridized carbons (Fsp3) is 0.750. The Bertz CT molecular complexity index is 561. The summed E-state index contributed by atoms with van der Waals surface area (Å²) >= 11 is 0. The van der Waals surface area contributed by atoms with E-state index in [1.807, 2.05) is 0 Å². The van der Waals surface area contributed by atoms with Gasteiger partial charge in [0.2, 0.25) is 0 Å². The topological polar surface area (TPSA) is 73.2 Å². The van der Waals surface area contributed by atoms with E-state index in [2.05, 4.69) is 9.71 Å². The van der Waals surface area contributed by atoms with Crippen LogP contribution in [0.5, 0.6) is 0 Å². The second-order valence-corrected chi connectivity index (χ2v) is 7.23. The van der Waals surface area contributed by atoms with Crippen molar-refractivity contribution >= 4 is 10.0 Å². The zero-order chi connectivity index (χ0) is 13.5. The highest BCUT2D eigenvalue weighted by atomic mass is 32.2. The largest absolute Gasteiger partial charge is 0.381 e. The van der Waals surface area contributed by atoms with Gasteiger partial charge in [0.05, 0.1) is 6.33 Å². The summed E-state index contributed by atoms with van der Waals surface area (Å²) in [5.74, 6) is 0. The molecule has 1 aliphatic heterocycles. The molecule has 106 valence electrons. The first kappa shape index (κ1) is 13.1. The van der Waals surface area contributed by atoms with Crippen LogP contribution in [0.3, 0.4) is 0 Å². The Morgan fingerprint density at radius 1 is 1.42 bits per heavy atom. The van der Waals surface area contributed by atoms with Crippen LogP contribution in [0.1, 0.15) is 25.7 Å². The van der Waals surface area contributed by atoms with Crippen LogP contribution in [0.15, 0.2) is 17.6 Å². The maximum Gasteiger partial charge on any atom is 0.259 e. The first-order chi connectivity index (χ1) is 9.02. The average molecular weight is 285 g/mol. The van der Waals surface area contributed by atoms with E-state index < -0.39 is 10.0 Å². The van der Waals surface area contributed by atoms with E-state index in [1.54, 1.807) is 11.6 Å². The minimum absolute atomic E-state index is 0.0309. The van der Waals surface area contributed by atoms with Gasteiger partial charge in [-0.1, -0.05) is 0 Å². The maximum absolute atomic E-state index is 12.3. The van der Waals surface area contributed by atoms with Crippen LogP contribution in [0.25, 0.3) is 0 Å². The lowest BCUT2D eigenvalue weighted by Gasteiger charge is -2.51. The third-order valence-corrected chi connectivity index (χ3v) is 5.77. The molecule has 0 radical (unpaired) electrons. The summed E-state index contributed by atoms with van der Waals surface area (Å²) < 4.78 is 34.3. The molecule has 1 saturated carbocycles. The van der Waals surface area contributed by atoms with Crippen LogP contribution in [-0.2, 0) is 21.8 Å². The molecule has 1 saturated heterocycles. The molecular formula is C12H19N3O3S. The van der Waals surface area contributed by atoms with Gasteiger partial charge in [-0.3, -0.25) is 0 Å². The summed E-state index contributed by atoms with van der Waals surface area (Å²) in [7, 11) is -1.74. The molecule has 2 aliphatic rings. The van der Waals surface area contributed by atoms with Crippen LogP contribution >= 0.6 is 0 Å². The Labute approximate surface area is 113 Å². The molecule has 19 heavy (non-hydrogen) atoms. The van der Waals surface area contributed by atoms with Gasteiger partial charge in [0, 0.05) is 32.5 Å². The zero-order valence-corrected chi connectivity index (χ0v) is 11.8. The van der Waals surface area contributed by atoms with Gasteiger partial charge >= 0.3 is 0 Å². The standard InChI is InChI=1S/C12H19N3O3S/c1-15-8-11(13-9-15)19(16,17)14-10-2-3-12(10)4-6-18-7-5-12/h8-10,14H,2-7H2,1H3. The minimum atomic E-state index is -3.50. The van der Waals surface area contributed by atoms with Gasteiger partial charge in [-0.05, 0) is 31.1 Å². The van der Waals surface area contributed by atoms with Crippen LogP contribution in [0.2, 0.25) is 0 Å². The molecular weight excluding hydrogens is 266 g/mol. The Morgan fingerprint density at radius 2 is 2.16 bits per heavy atom. The van der Waals surface area contributed by atoms with Crippen molar-refractivity contribution in [2.45, 2.75) is 36.8 Å². The Kier molecular flexibility index (Phi) is 3.15. The fourth-order valence-corrected chi connectivity index (χ4v) is 4.39. The summed E-state index contributed by atoms with van der Waals surface area (Å²) in [6, 6.07) is 0.0309. The number of aryl methyl sites for hydroxylation is 1. The summed E-state index contributed by atoms with van der Waals surface area (Å²) in [5, 5.41) is 0.101. The first-order valence-corrected chi connectivity index (χ1v) is 8.08. The van der Waals surface area contributed by atoms with E-state index in [4.69, 9.17) is 4.74 Å². The molecule has 0 bridgehead atoms. The zero-order valence-electron chi connectivity index (χ0n) is 11.0. The lowest BCUT2D eigenvalue weighted by Crippen LogP contribution is -2.57. The third kappa shape index (κ3) is 2.30. The van der Waals surface area contributed by atoms with Crippen molar-refractivity contribution in [3.8, 4) is 0 Å². The molecule has 6 nitrogen and oxygen atoms in total. The molecule has 0 amide bonds. The second kappa shape index (κ2) is 4.57. The first-order valence-electron chi connectivity index (χ1n) is 6.60. The highest BCUT2D eigenvalue weighted by Crippen LogP contribution is 2.49. The Hall–Kier alpha value is -0.920. The predicted molar refractivity (Wildman–Crippen MR) is 69.0 cm³/mol. The van der Waals surface area contributed by atoms with Gasteiger partial charge in [0.1, 0.15) is 0 Å². The highest BCUT2D eigenvalue weighted by Gasteiger charge is 2.49. The van der Waals surface area contributed by atoms with Crippen LogP contribution in [0, 0.1) is 5.41 Å². The summed E-state index contributed by atoms with van der Waals surface area (Å²) in [5.41, 5.74) is 0.111. The van der Waals surface area contributed by atoms with Gasteiger partial charge in [-0.25, -0.2) is 18.1 Å². The molecule has 7 heteroatoms. The molecule has 1 aromatic rings. The number of nitrogens with zero attached hydrogens (tertiary/aromatic N) is 2. The van der Waals surface area contributed by atoms with Crippen molar-refractivity contribution in [1.82, 2.24) is 14.3 Å². The number of imidazole rings is 1. The van der Waals surface area contributed by atoms with E-state index in [-0.39, 0.29) is 16.5 Å². The molecule has 2 heterocycles. The normalized spacial score (nSPS) is 26.3. The molecule has 1 aliphatic carbocycles. The molecule has 1 atom stereocenters. The van der Waals surface area contributed by atoms with E-state index in [0.29, 0.717) is 0 Å². The monoisotopic (exact) mass is 285 g/mol. The van der Waals surface area contributed by atoms with Gasteiger partial charge in [0.25, 0.3) is 10.0 Å². The van der Waals surface area contributed by atoms with E-state index in [0.717, 1.165) is 38.9 Å². The number of nitrogens with one attached hydrogen (secondary N) is 1. The highest BCUT2D eigenvalue weighted by molar-refractivity contribution is 7.89. The molecule has 1 aromatic heterocycles. The Balaban J connectivity index is 1.74. The van der Waals surface area contributed by atoms with Gasteiger partial charge < -0.3 is 9.30 Å². The van der Waals surface area contributed by atoms with E-state index in [9.17, 15) is 8.42 Å². The average Bonchev–Trinajstić information content (AvgIpc) is 2.84. The van der Waals surface area contributed by atoms with Crippen LogP contribution in [-0.4, -0.2) is 37.2 Å². The summed E-state index contributed by atoms with van der Waals surface area (Å²) in [6.45, 7) is 1.48. The number of hydrogen-bond donors (Lipinski definition) is 1. The number of ether oxygens (including phenoxy) is 1. The minimum Gasteiger partial charge on any atom is -0.381 e. The lowest BCUT2D eigenvalue weighted by atomic mass is 9.60. The summed E-state index contributed by atoms with van der Waals surface area (Å²) in [4.78, 5) is 3.92. The number of sulfonamides is 1. The molecule has 0 aromatic carbocycles. The fourth-order valence-electron chi connectivity index (χ4n) is 3.03. The SMILES string of the molecule is Cn1cnc(S(=O)(=O)NC2CCC23CCOCC3)c1. The van der Waals surface area contributed by atoms with E-state index >= 15 is 0 Å². The second-order valence-electron chi connectivity index (χ2n) is 5.56. The molecule has 2 fully saturated rings. The van der Waals surface area contributed by atoms with Crippen molar-refractivity contribution in [3.63, 3.8) is 0 Å². The van der Waals surface area contributed by atoms with Gasteiger partial charge in [-0.2, -0.15) is 0 Å². The smallest absolute Gasteiger partial charge is 0.259 e. The third-order valence-electron chi connectivity index (χ3n) is 4.41. The van der Waals surface area contributed by atoms with Crippen molar-refractivity contribution < 1.29 is 13.2 Å². The lowest BCUT2D eigenvalue weighted by molar-refractivity contribution is -0.0483. The van der Waals surface area contributed by atoms with Crippen molar-refractivity contribution in [3.05, 3.63) is 12.5 Å². The van der Waals surface area contributed by atoms with Gasteiger partial charge in [-0.15, -0.1) is 0 Å². The van der Waals surface area contributed by atoms with Crippen molar-refractivity contribution in [2.24, 2.45) is 12.5 Å². The van der Waals surface area contributed by atoms with E-state index in [1.165, 1.54) is 12.5 Å². The number of rotatable bonds is 3. The van der Waals surface area contributed by atoms with Crippen molar-refractivity contribution in [2.75, 3.05) is 13.2 Å². The molecule has 1 spiro atoms. The molecule has 3 rings (SSSR count). The number of aromatic nitrogens is 2. The Morgan fingerprint density at radius 3 is 2.68 bits per heavy atom. The summed E-state index contributed by atoms with van der Waals surface area (Å²) in [6.07, 6.45) is 6.92.